The third-order valence-corrected chi connectivity index (χ3v) is 7.02. The Kier molecular flexibility index (Phi) is 10.9. The first-order valence-electron chi connectivity index (χ1n) is 12.5. The van der Waals surface area contributed by atoms with E-state index in [0.29, 0.717) is 12.1 Å². The summed E-state index contributed by atoms with van der Waals surface area (Å²) in [4.78, 5) is 12.1. The summed E-state index contributed by atoms with van der Waals surface area (Å²) in [6, 6.07) is 22.5. The number of piperidine rings is 1. The van der Waals surface area contributed by atoms with Crippen LogP contribution in [0, 0.1) is 0 Å². The Labute approximate surface area is 222 Å². The molecule has 1 unspecified atom stereocenters. The fourth-order valence-corrected chi connectivity index (χ4v) is 4.90. The monoisotopic (exact) mass is 576 g/mol. The Hall–Kier alpha value is -1.84. The number of likely N-dealkylation sites (tertiary alicyclic amines) is 1. The van der Waals surface area contributed by atoms with Crippen molar-refractivity contribution < 1.29 is 0 Å². The highest BCUT2D eigenvalue weighted by Crippen LogP contribution is 2.17. The van der Waals surface area contributed by atoms with Crippen molar-refractivity contribution in [2.75, 3.05) is 57.8 Å². The molecule has 2 heterocycles. The molecule has 6 nitrogen and oxygen atoms in total. The molecule has 2 N–H and O–H groups in total. The van der Waals surface area contributed by atoms with E-state index in [-0.39, 0.29) is 24.0 Å². The Morgan fingerprint density at radius 2 is 1.53 bits per heavy atom. The van der Waals surface area contributed by atoms with Crippen LogP contribution in [-0.2, 0) is 6.54 Å². The molecule has 4 rings (SSSR count). The average molecular weight is 577 g/mol. The third-order valence-electron chi connectivity index (χ3n) is 7.02. The van der Waals surface area contributed by atoms with E-state index in [9.17, 15) is 0 Å². The first-order chi connectivity index (χ1) is 16.2. The van der Waals surface area contributed by atoms with E-state index in [1.807, 2.05) is 7.05 Å². The number of hydrogen-bond acceptors (Lipinski definition) is 4. The lowest BCUT2D eigenvalue weighted by molar-refractivity contribution is 0.194. The Morgan fingerprint density at radius 3 is 2.15 bits per heavy atom. The number of nitrogens with zero attached hydrogens (tertiary/aromatic N) is 4. The third kappa shape index (κ3) is 7.85. The van der Waals surface area contributed by atoms with E-state index in [0.717, 1.165) is 71.2 Å². The average Bonchev–Trinajstić information content (AvgIpc) is 2.88. The second-order valence-electron chi connectivity index (χ2n) is 9.34. The molecule has 1 atom stereocenters. The normalized spacial score (nSPS) is 19.4. The molecule has 0 aliphatic carbocycles. The van der Waals surface area contributed by atoms with E-state index < -0.39 is 0 Å². The Morgan fingerprint density at radius 1 is 0.912 bits per heavy atom. The van der Waals surface area contributed by atoms with Crippen LogP contribution in [0.1, 0.15) is 25.3 Å². The number of halogens is 1. The molecular formula is C27H41IN6. The largest absolute Gasteiger partial charge is 0.369 e. The summed E-state index contributed by atoms with van der Waals surface area (Å²) < 4.78 is 0. The molecule has 2 aromatic carbocycles. The molecule has 2 aromatic rings. The second kappa shape index (κ2) is 13.9. The quantitative estimate of drug-likeness (QED) is 0.300. The van der Waals surface area contributed by atoms with Crippen LogP contribution < -0.4 is 15.5 Å². The molecule has 0 saturated carbocycles. The maximum absolute atomic E-state index is 4.49. The highest BCUT2D eigenvalue weighted by molar-refractivity contribution is 14.0. The summed E-state index contributed by atoms with van der Waals surface area (Å²) in [6.07, 6.45) is 2.31. The fourth-order valence-electron chi connectivity index (χ4n) is 4.90. The van der Waals surface area contributed by atoms with Crippen molar-refractivity contribution in [2.24, 2.45) is 4.99 Å². The van der Waals surface area contributed by atoms with Crippen LogP contribution >= 0.6 is 24.0 Å². The molecule has 0 amide bonds. The standard InChI is InChI=1S/C27H40N6.HI/c1-23(32-17-19-33(20-18-32)26-11-7-4-8-12-26)21-29-27(28-2)30-25-13-15-31(16-14-25)22-24-9-5-3-6-10-24;/h3-12,23,25H,13-22H2,1-2H3,(H2,28,29,30);1H. The van der Waals surface area contributed by atoms with Gasteiger partial charge in [0.15, 0.2) is 5.96 Å². The van der Waals surface area contributed by atoms with Crippen molar-refractivity contribution in [3.05, 3.63) is 66.2 Å². The Balaban J connectivity index is 0.00000324. The zero-order valence-electron chi connectivity index (χ0n) is 20.7. The lowest BCUT2D eigenvalue weighted by Gasteiger charge is -2.39. The van der Waals surface area contributed by atoms with E-state index in [1.165, 1.54) is 11.3 Å². The van der Waals surface area contributed by atoms with Gasteiger partial charge in [0.05, 0.1) is 0 Å². The van der Waals surface area contributed by atoms with Gasteiger partial charge in [-0.25, -0.2) is 0 Å². The van der Waals surface area contributed by atoms with Crippen molar-refractivity contribution in [3.63, 3.8) is 0 Å². The van der Waals surface area contributed by atoms with E-state index in [2.05, 4.69) is 97.9 Å². The van der Waals surface area contributed by atoms with Gasteiger partial charge in [-0.1, -0.05) is 48.5 Å². The van der Waals surface area contributed by atoms with Crippen molar-refractivity contribution in [1.82, 2.24) is 20.4 Å². The second-order valence-corrected chi connectivity index (χ2v) is 9.34. The van der Waals surface area contributed by atoms with Gasteiger partial charge in [-0.15, -0.1) is 24.0 Å². The number of piperazine rings is 1. The van der Waals surface area contributed by atoms with Gasteiger partial charge in [0.1, 0.15) is 0 Å². The van der Waals surface area contributed by atoms with Crippen LogP contribution in [0.4, 0.5) is 5.69 Å². The molecule has 0 radical (unpaired) electrons. The van der Waals surface area contributed by atoms with Crippen molar-refractivity contribution in [3.8, 4) is 0 Å². The van der Waals surface area contributed by atoms with Crippen molar-refractivity contribution in [2.45, 2.75) is 38.4 Å². The molecule has 0 aromatic heterocycles. The number of benzene rings is 2. The van der Waals surface area contributed by atoms with Gasteiger partial charge < -0.3 is 15.5 Å². The van der Waals surface area contributed by atoms with Crippen molar-refractivity contribution >= 4 is 35.6 Å². The van der Waals surface area contributed by atoms with Crippen LogP contribution in [0.5, 0.6) is 0 Å². The predicted molar refractivity (Wildman–Crippen MR) is 154 cm³/mol. The first kappa shape index (κ1) is 26.8. The molecular weight excluding hydrogens is 535 g/mol. The van der Waals surface area contributed by atoms with Crippen LogP contribution in [0.2, 0.25) is 0 Å². The van der Waals surface area contributed by atoms with Crippen LogP contribution in [0.3, 0.4) is 0 Å². The molecule has 0 spiro atoms. The molecule has 2 aliphatic heterocycles. The van der Waals surface area contributed by atoms with Gasteiger partial charge in [0, 0.05) is 77.2 Å². The number of rotatable bonds is 7. The number of guanidine groups is 1. The Bertz CT molecular complexity index is 846. The highest BCUT2D eigenvalue weighted by atomic mass is 127. The zero-order valence-corrected chi connectivity index (χ0v) is 23.0. The van der Waals surface area contributed by atoms with Gasteiger partial charge in [0.25, 0.3) is 0 Å². The molecule has 2 aliphatic rings. The van der Waals surface area contributed by atoms with E-state index >= 15 is 0 Å². The number of para-hydroxylation sites is 1. The summed E-state index contributed by atoms with van der Waals surface area (Å²) in [5, 5.41) is 7.24. The number of nitrogens with one attached hydrogen (secondary N) is 2. The molecule has 0 bridgehead atoms. The van der Waals surface area contributed by atoms with Crippen LogP contribution in [0.25, 0.3) is 0 Å². The molecule has 7 heteroatoms. The van der Waals surface area contributed by atoms with Gasteiger partial charge in [-0.05, 0) is 37.5 Å². The van der Waals surface area contributed by atoms with Crippen LogP contribution in [-0.4, -0.2) is 80.7 Å². The topological polar surface area (TPSA) is 46.1 Å². The predicted octanol–water partition coefficient (Wildman–Crippen LogP) is 3.64. The van der Waals surface area contributed by atoms with Gasteiger partial charge >= 0.3 is 0 Å². The summed E-state index contributed by atoms with van der Waals surface area (Å²) in [7, 11) is 1.88. The number of anilines is 1. The maximum atomic E-state index is 4.49. The lowest BCUT2D eigenvalue weighted by atomic mass is 10.0. The number of aliphatic imine (C=N–C) groups is 1. The van der Waals surface area contributed by atoms with Gasteiger partial charge in [0.2, 0.25) is 0 Å². The van der Waals surface area contributed by atoms with Crippen LogP contribution in [0.15, 0.2) is 65.7 Å². The summed E-state index contributed by atoms with van der Waals surface area (Å²) >= 11 is 0. The molecule has 2 fully saturated rings. The highest BCUT2D eigenvalue weighted by Gasteiger charge is 2.23. The SMILES string of the molecule is CN=C(NCC(C)N1CCN(c2ccccc2)CC1)NC1CCN(Cc2ccccc2)CC1.I. The van der Waals surface area contributed by atoms with Crippen molar-refractivity contribution in [1.29, 1.82) is 0 Å². The summed E-state index contributed by atoms with van der Waals surface area (Å²) in [5.74, 6) is 0.936. The number of hydrogen-bond donors (Lipinski definition) is 2. The lowest BCUT2D eigenvalue weighted by Crippen LogP contribution is -2.54. The van der Waals surface area contributed by atoms with Gasteiger partial charge in [-0.2, -0.15) is 0 Å². The molecule has 34 heavy (non-hydrogen) atoms. The van der Waals surface area contributed by atoms with E-state index in [1.54, 1.807) is 0 Å². The minimum absolute atomic E-state index is 0. The summed E-state index contributed by atoms with van der Waals surface area (Å²) in [5.41, 5.74) is 2.74. The summed E-state index contributed by atoms with van der Waals surface area (Å²) in [6.45, 7) is 10.9. The minimum Gasteiger partial charge on any atom is -0.369 e. The van der Waals surface area contributed by atoms with Gasteiger partial charge in [-0.3, -0.25) is 14.8 Å². The first-order valence-corrected chi connectivity index (χ1v) is 12.5. The minimum atomic E-state index is 0. The zero-order chi connectivity index (χ0) is 22.9. The molecule has 2 saturated heterocycles. The molecule has 186 valence electrons. The smallest absolute Gasteiger partial charge is 0.191 e. The van der Waals surface area contributed by atoms with E-state index in [4.69, 9.17) is 0 Å². The fraction of sp³-hybridized carbons (Fsp3) is 0.519. The maximum Gasteiger partial charge on any atom is 0.191 e.